The molecule has 1 N–H and O–H groups in total. The van der Waals surface area contributed by atoms with Crippen molar-refractivity contribution in [1.82, 2.24) is 10.2 Å². The van der Waals surface area contributed by atoms with Crippen molar-refractivity contribution in [1.29, 1.82) is 0 Å². The molecule has 3 heteroatoms. The summed E-state index contributed by atoms with van der Waals surface area (Å²) in [6.45, 7) is 16.8. The molecule has 21 heavy (non-hydrogen) atoms. The molecular weight excluding hydrogens is 260 g/mol. The summed E-state index contributed by atoms with van der Waals surface area (Å²) in [4.78, 5) is 2.67. The minimum atomic E-state index is -0.0320. The van der Waals surface area contributed by atoms with Gasteiger partial charge in [-0.3, -0.25) is 4.90 Å². The quantitative estimate of drug-likeness (QED) is 0.841. The molecule has 1 saturated carbocycles. The fourth-order valence-electron chi connectivity index (χ4n) is 4.61. The lowest BCUT2D eigenvalue weighted by atomic mass is 9.73. The monoisotopic (exact) mass is 296 g/mol. The first-order chi connectivity index (χ1) is 9.76. The number of rotatable bonds is 5. The molecule has 0 bridgehead atoms. The Labute approximate surface area is 131 Å². The SMILES string of the molecule is CCNCC1(CN2CC(C)(C)OC(C)(C)C2)CCCCC1. The Balaban J connectivity index is 2.05. The van der Waals surface area contributed by atoms with Crippen molar-refractivity contribution in [2.24, 2.45) is 5.41 Å². The highest BCUT2D eigenvalue weighted by molar-refractivity contribution is 4.94. The zero-order chi connectivity index (χ0) is 15.6. The fourth-order valence-corrected chi connectivity index (χ4v) is 4.61. The molecule has 0 atom stereocenters. The Bertz CT molecular complexity index is 316. The third kappa shape index (κ3) is 4.94. The summed E-state index contributed by atoms with van der Waals surface area (Å²) >= 11 is 0. The lowest BCUT2D eigenvalue weighted by Gasteiger charge is -2.50. The molecule has 0 spiro atoms. The van der Waals surface area contributed by atoms with E-state index in [-0.39, 0.29) is 11.2 Å². The van der Waals surface area contributed by atoms with Gasteiger partial charge in [0, 0.05) is 26.2 Å². The van der Waals surface area contributed by atoms with Gasteiger partial charge in [0.15, 0.2) is 0 Å². The molecule has 0 aromatic carbocycles. The summed E-state index contributed by atoms with van der Waals surface area (Å²) in [5.74, 6) is 0. The first-order valence-corrected chi connectivity index (χ1v) is 8.89. The highest BCUT2D eigenvalue weighted by Gasteiger charge is 2.41. The second-order valence-corrected chi connectivity index (χ2v) is 8.61. The average molecular weight is 296 g/mol. The van der Waals surface area contributed by atoms with E-state index in [1.54, 1.807) is 0 Å². The van der Waals surface area contributed by atoms with E-state index in [0.717, 1.165) is 19.6 Å². The van der Waals surface area contributed by atoms with Crippen LogP contribution in [0.25, 0.3) is 0 Å². The Morgan fingerprint density at radius 3 is 2.05 bits per heavy atom. The van der Waals surface area contributed by atoms with Crippen molar-refractivity contribution < 1.29 is 4.74 Å². The van der Waals surface area contributed by atoms with Crippen LogP contribution in [0.4, 0.5) is 0 Å². The average Bonchev–Trinajstić information content (AvgIpc) is 2.33. The molecule has 0 unspecified atom stereocenters. The summed E-state index contributed by atoms with van der Waals surface area (Å²) in [6, 6.07) is 0. The highest BCUT2D eigenvalue weighted by atomic mass is 16.5. The highest BCUT2D eigenvalue weighted by Crippen LogP contribution is 2.38. The van der Waals surface area contributed by atoms with Gasteiger partial charge in [0.2, 0.25) is 0 Å². The minimum absolute atomic E-state index is 0.0320. The molecule has 2 fully saturated rings. The Kier molecular flexibility index (Phi) is 5.38. The summed E-state index contributed by atoms with van der Waals surface area (Å²) in [5.41, 5.74) is 0.420. The maximum atomic E-state index is 6.24. The van der Waals surface area contributed by atoms with Gasteiger partial charge in [0.1, 0.15) is 0 Å². The van der Waals surface area contributed by atoms with Gasteiger partial charge in [0.25, 0.3) is 0 Å². The van der Waals surface area contributed by atoms with Gasteiger partial charge in [-0.25, -0.2) is 0 Å². The first kappa shape index (κ1) is 17.2. The molecule has 2 aliphatic rings. The van der Waals surface area contributed by atoms with Crippen molar-refractivity contribution in [3.05, 3.63) is 0 Å². The van der Waals surface area contributed by atoms with E-state index >= 15 is 0 Å². The molecule has 124 valence electrons. The van der Waals surface area contributed by atoms with E-state index in [1.807, 2.05) is 0 Å². The number of hydrogen-bond donors (Lipinski definition) is 1. The van der Waals surface area contributed by atoms with Crippen LogP contribution >= 0.6 is 0 Å². The minimum Gasteiger partial charge on any atom is -0.367 e. The number of ether oxygens (including phenoxy) is 1. The summed E-state index contributed by atoms with van der Waals surface area (Å²) in [5, 5.41) is 3.63. The Morgan fingerprint density at radius 1 is 0.952 bits per heavy atom. The molecular formula is C18H36N2O. The van der Waals surface area contributed by atoms with Crippen LogP contribution < -0.4 is 5.32 Å². The van der Waals surface area contributed by atoms with Crippen molar-refractivity contribution in [2.45, 2.75) is 77.9 Å². The summed E-state index contributed by atoms with van der Waals surface area (Å²) < 4.78 is 6.24. The van der Waals surface area contributed by atoms with Crippen molar-refractivity contribution in [3.63, 3.8) is 0 Å². The molecule has 1 heterocycles. The van der Waals surface area contributed by atoms with Crippen LogP contribution in [-0.4, -0.2) is 48.8 Å². The predicted molar refractivity (Wildman–Crippen MR) is 89.7 cm³/mol. The van der Waals surface area contributed by atoms with E-state index < -0.39 is 0 Å². The zero-order valence-corrected chi connectivity index (χ0v) is 14.9. The Hall–Kier alpha value is -0.120. The fraction of sp³-hybridized carbons (Fsp3) is 1.00. The molecule has 2 rings (SSSR count). The summed E-state index contributed by atoms with van der Waals surface area (Å²) in [6.07, 6.45) is 7.01. The third-order valence-corrected chi connectivity index (χ3v) is 4.98. The van der Waals surface area contributed by atoms with E-state index in [0.29, 0.717) is 5.41 Å². The molecule has 0 aromatic heterocycles. The van der Waals surface area contributed by atoms with Crippen LogP contribution in [0.15, 0.2) is 0 Å². The van der Waals surface area contributed by atoms with Crippen molar-refractivity contribution in [3.8, 4) is 0 Å². The van der Waals surface area contributed by atoms with E-state index in [9.17, 15) is 0 Å². The Morgan fingerprint density at radius 2 is 1.52 bits per heavy atom. The molecule has 0 radical (unpaired) electrons. The third-order valence-electron chi connectivity index (χ3n) is 4.98. The maximum absolute atomic E-state index is 6.24. The lowest BCUT2D eigenvalue weighted by Crippen LogP contribution is -2.59. The topological polar surface area (TPSA) is 24.5 Å². The normalized spacial score (nSPS) is 28.4. The number of hydrogen-bond acceptors (Lipinski definition) is 3. The van der Waals surface area contributed by atoms with E-state index in [2.05, 4.69) is 44.8 Å². The lowest BCUT2D eigenvalue weighted by molar-refractivity contribution is -0.185. The van der Waals surface area contributed by atoms with Gasteiger partial charge < -0.3 is 10.1 Å². The second kappa shape index (κ2) is 6.55. The number of nitrogens with one attached hydrogen (secondary N) is 1. The smallest absolute Gasteiger partial charge is 0.0760 e. The molecule has 1 saturated heterocycles. The number of morpholine rings is 1. The molecule has 1 aliphatic heterocycles. The van der Waals surface area contributed by atoms with E-state index in [1.165, 1.54) is 45.2 Å². The van der Waals surface area contributed by atoms with Crippen molar-refractivity contribution >= 4 is 0 Å². The van der Waals surface area contributed by atoms with Crippen LogP contribution in [-0.2, 0) is 4.74 Å². The van der Waals surface area contributed by atoms with Gasteiger partial charge >= 0.3 is 0 Å². The molecule has 0 aromatic rings. The van der Waals surface area contributed by atoms with Gasteiger partial charge in [0.05, 0.1) is 11.2 Å². The standard InChI is InChI=1S/C18H36N2O/c1-6-19-12-18(10-8-7-9-11-18)15-20-13-16(2,3)21-17(4,5)14-20/h19H,6-15H2,1-5H3. The van der Waals surface area contributed by atoms with Gasteiger partial charge in [-0.15, -0.1) is 0 Å². The summed E-state index contributed by atoms with van der Waals surface area (Å²) in [7, 11) is 0. The van der Waals surface area contributed by atoms with Crippen LogP contribution in [0.1, 0.15) is 66.7 Å². The zero-order valence-electron chi connectivity index (χ0n) is 14.9. The maximum Gasteiger partial charge on any atom is 0.0760 e. The van der Waals surface area contributed by atoms with Gasteiger partial charge in [-0.1, -0.05) is 26.2 Å². The second-order valence-electron chi connectivity index (χ2n) is 8.61. The predicted octanol–water partition coefficient (Wildman–Crippen LogP) is 3.44. The largest absolute Gasteiger partial charge is 0.367 e. The van der Waals surface area contributed by atoms with Gasteiger partial charge in [-0.2, -0.15) is 0 Å². The molecule has 0 amide bonds. The number of nitrogens with zero attached hydrogens (tertiary/aromatic N) is 1. The van der Waals surface area contributed by atoms with Crippen LogP contribution in [0.2, 0.25) is 0 Å². The molecule has 1 aliphatic carbocycles. The van der Waals surface area contributed by atoms with Crippen LogP contribution in [0.3, 0.4) is 0 Å². The van der Waals surface area contributed by atoms with Gasteiger partial charge in [-0.05, 0) is 52.5 Å². The van der Waals surface area contributed by atoms with Crippen LogP contribution in [0.5, 0.6) is 0 Å². The van der Waals surface area contributed by atoms with E-state index in [4.69, 9.17) is 4.74 Å². The van der Waals surface area contributed by atoms with Crippen molar-refractivity contribution in [2.75, 3.05) is 32.7 Å². The van der Waals surface area contributed by atoms with Crippen LogP contribution in [0, 0.1) is 5.41 Å². The molecule has 3 nitrogen and oxygen atoms in total. The first-order valence-electron chi connectivity index (χ1n) is 8.89.